The molecule has 2 rings (SSSR count). The topological polar surface area (TPSA) is 57.3 Å². The molecule has 2 aromatic rings. The van der Waals surface area contributed by atoms with Crippen LogP contribution in [0.2, 0.25) is 0 Å². The lowest BCUT2D eigenvalue weighted by atomic mass is 10.2. The van der Waals surface area contributed by atoms with Crippen LogP contribution in [0.15, 0.2) is 41.0 Å². The normalized spacial score (nSPS) is 10.7. The van der Waals surface area contributed by atoms with E-state index in [-0.39, 0.29) is 5.91 Å². The minimum absolute atomic E-state index is 0.149. The Kier molecular flexibility index (Phi) is 6.75. The van der Waals surface area contributed by atoms with Gasteiger partial charge in [0.15, 0.2) is 0 Å². The molecule has 2 N–H and O–H groups in total. The zero-order valence-corrected chi connectivity index (χ0v) is 15.9. The number of nitrogens with zero attached hydrogens (tertiary/aromatic N) is 2. The number of halogens is 1. The lowest BCUT2D eigenvalue weighted by Crippen LogP contribution is -2.17. The smallest absolute Gasteiger partial charge is 0.255 e. The van der Waals surface area contributed by atoms with Gasteiger partial charge in [-0.25, -0.2) is 4.98 Å². The molecule has 0 spiro atoms. The van der Waals surface area contributed by atoms with E-state index >= 15 is 0 Å². The van der Waals surface area contributed by atoms with Crippen LogP contribution in [0.1, 0.15) is 22.3 Å². The van der Waals surface area contributed by atoms with E-state index in [0.29, 0.717) is 11.4 Å². The van der Waals surface area contributed by atoms with Crippen molar-refractivity contribution in [1.82, 2.24) is 9.88 Å². The van der Waals surface area contributed by atoms with Gasteiger partial charge < -0.3 is 15.5 Å². The second-order valence-electron chi connectivity index (χ2n) is 5.93. The average molecular weight is 391 g/mol. The minimum atomic E-state index is -0.149. The molecular formula is C18H23BrN4O. The van der Waals surface area contributed by atoms with Crippen molar-refractivity contribution in [1.29, 1.82) is 0 Å². The summed E-state index contributed by atoms with van der Waals surface area (Å²) in [7, 11) is 4.10. The van der Waals surface area contributed by atoms with Gasteiger partial charge in [0.2, 0.25) is 0 Å². The van der Waals surface area contributed by atoms with E-state index in [1.165, 1.54) is 0 Å². The molecule has 0 saturated heterocycles. The van der Waals surface area contributed by atoms with Gasteiger partial charge in [0.05, 0.1) is 0 Å². The first-order chi connectivity index (χ1) is 11.5. The number of hydrogen-bond donors (Lipinski definition) is 2. The third-order valence-corrected chi connectivity index (χ3v) is 4.39. The fourth-order valence-electron chi connectivity index (χ4n) is 2.15. The number of pyridine rings is 1. The van der Waals surface area contributed by atoms with E-state index in [2.05, 4.69) is 36.4 Å². The molecule has 1 heterocycles. The Hall–Kier alpha value is -1.92. The van der Waals surface area contributed by atoms with Crippen LogP contribution in [0.4, 0.5) is 11.5 Å². The van der Waals surface area contributed by atoms with E-state index in [9.17, 15) is 4.79 Å². The van der Waals surface area contributed by atoms with Crippen LogP contribution in [-0.2, 0) is 0 Å². The maximum Gasteiger partial charge on any atom is 0.255 e. The van der Waals surface area contributed by atoms with Gasteiger partial charge in [-0.05, 0) is 63.8 Å². The second-order valence-corrected chi connectivity index (χ2v) is 6.79. The molecule has 0 saturated carbocycles. The number of hydrogen-bond acceptors (Lipinski definition) is 4. The highest BCUT2D eigenvalue weighted by molar-refractivity contribution is 9.10. The zero-order valence-electron chi connectivity index (χ0n) is 14.3. The van der Waals surface area contributed by atoms with Crippen molar-refractivity contribution in [2.24, 2.45) is 0 Å². The highest BCUT2D eigenvalue weighted by atomic mass is 79.9. The fraction of sp³-hybridized carbons (Fsp3) is 0.333. The second kappa shape index (κ2) is 8.80. The minimum Gasteiger partial charge on any atom is -0.370 e. The molecule has 0 bridgehead atoms. The molecule has 0 aliphatic rings. The van der Waals surface area contributed by atoms with Gasteiger partial charge in [-0.2, -0.15) is 0 Å². The number of benzene rings is 1. The van der Waals surface area contributed by atoms with Gasteiger partial charge in [-0.15, -0.1) is 0 Å². The molecular weight excluding hydrogens is 368 g/mol. The van der Waals surface area contributed by atoms with Crippen molar-refractivity contribution in [2.45, 2.75) is 13.3 Å². The molecule has 0 aliphatic heterocycles. The maximum atomic E-state index is 12.4. The Morgan fingerprint density at radius 3 is 2.75 bits per heavy atom. The standard InChI is InChI=1S/C18H23BrN4O/c1-13-5-6-15(12-16(13)19)22-18(24)14-7-9-21-17(11-14)20-8-4-10-23(2)3/h5-7,9,11-12H,4,8,10H2,1-3H3,(H,20,21)(H,22,24). The van der Waals surface area contributed by atoms with E-state index < -0.39 is 0 Å². The first-order valence-electron chi connectivity index (χ1n) is 7.88. The Labute approximate surface area is 151 Å². The monoisotopic (exact) mass is 390 g/mol. The number of rotatable bonds is 7. The van der Waals surface area contributed by atoms with Crippen LogP contribution in [0.25, 0.3) is 0 Å². The van der Waals surface area contributed by atoms with Gasteiger partial charge >= 0.3 is 0 Å². The summed E-state index contributed by atoms with van der Waals surface area (Å²) in [5.74, 6) is 0.566. The number of carbonyl (C=O) groups excluding carboxylic acids is 1. The number of anilines is 2. The maximum absolute atomic E-state index is 12.4. The first kappa shape index (κ1) is 18.4. The molecule has 1 aromatic heterocycles. The van der Waals surface area contributed by atoms with Gasteiger partial charge in [0.25, 0.3) is 5.91 Å². The summed E-state index contributed by atoms with van der Waals surface area (Å²) in [4.78, 5) is 18.8. The van der Waals surface area contributed by atoms with Crippen LogP contribution in [0.5, 0.6) is 0 Å². The Balaban J connectivity index is 1.96. The number of amides is 1. The molecule has 6 heteroatoms. The largest absolute Gasteiger partial charge is 0.370 e. The molecule has 24 heavy (non-hydrogen) atoms. The SMILES string of the molecule is Cc1ccc(NC(=O)c2ccnc(NCCCN(C)C)c2)cc1Br. The van der Waals surface area contributed by atoms with Crippen molar-refractivity contribution < 1.29 is 4.79 Å². The van der Waals surface area contributed by atoms with Gasteiger partial charge in [-0.3, -0.25) is 4.79 Å². The van der Waals surface area contributed by atoms with Gasteiger partial charge in [0, 0.05) is 28.5 Å². The van der Waals surface area contributed by atoms with Crippen molar-refractivity contribution in [3.05, 3.63) is 52.1 Å². The van der Waals surface area contributed by atoms with Crippen LogP contribution in [0, 0.1) is 6.92 Å². The molecule has 1 aromatic carbocycles. The van der Waals surface area contributed by atoms with Crippen molar-refractivity contribution in [3.63, 3.8) is 0 Å². The van der Waals surface area contributed by atoms with Crippen LogP contribution in [-0.4, -0.2) is 43.0 Å². The molecule has 0 aliphatic carbocycles. The molecule has 0 unspecified atom stereocenters. The van der Waals surface area contributed by atoms with E-state index in [0.717, 1.165) is 35.2 Å². The molecule has 0 fully saturated rings. The third kappa shape index (κ3) is 5.62. The molecule has 0 atom stereocenters. The summed E-state index contributed by atoms with van der Waals surface area (Å²) >= 11 is 3.47. The summed E-state index contributed by atoms with van der Waals surface area (Å²) < 4.78 is 0.971. The Morgan fingerprint density at radius 2 is 2.04 bits per heavy atom. The summed E-state index contributed by atoms with van der Waals surface area (Å²) in [5.41, 5.74) is 2.47. The lowest BCUT2D eigenvalue weighted by molar-refractivity contribution is 0.102. The molecule has 5 nitrogen and oxygen atoms in total. The molecule has 0 radical (unpaired) electrons. The summed E-state index contributed by atoms with van der Waals surface area (Å²) in [6.45, 7) is 3.84. The predicted octanol–water partition coefficient (Wildman–Crippen LogP) is 3.77. The summed E-state index contributed by atoms with van der Waals surface area (Å²) in [5, 5.41) is 6.15. The van der Waals surface area contributed by atoms with Crippen LogP contribution < -0.4 is 10.6 Å². The van der Waals surface area contributed by atoms with E-state index in [4.69, 9.17) is 0 Å². The summed E-state index contributed by atoms with van der Waals surface area (Å²) in [6.07, 6.45) is 2.66. The van der Waals surface area contributed by atoms with Crippen LogP contribution in [0.3, 0.4) is 0 Å². The predicted molar refractivity (Wildman–Crippen MR) is 103 cm³/mol. The third-order valence-electron chi connectivity index (χ3n) is 3.54. The quantitative estimate of drug-likeness (QED) is 0.706. The highest BCUT2D eigenvalue weighted by Gasteiger charge is 2.08. The van der Waals surface area contributed by atoms with Gasteiger partial charge in [-0.1, -0.05) is 22.0 Å². The van der Waals surface area contributed by atoms with Crippen molar-refractivity contribution >= 4 is 33.3 Å². The fourth-order valence-corrected chi connectivity index (χ4v) is 2.53. The lowest BCUT2D eigenvalue weighted by Gasteiger charge is -2.11. The first-order valence-corrected chi connectivity index (χ1v) is 8.67. The van der Waals surface area contributed by atoms with E-state index in [1.54, 1.807) is 18.3 Å². The zero-order chi connectivity index (χ0) is 17.5. The van der Waals surface area contributed by atoms with Gasteiger partial charge in [0.1, 0.15) is 5.82 Å². The van der Waals surface area contributed by atoms with Crippen molar-refractivity contribution in [3.8, 4) is 0 Å². The number of aryl methyl sites for hydroxylation is 1. The number of nitrogens with one attached hydrogen (secondary N) is 2. The summed E-state index contributed by atoms with van der Waals surface area (Å²) in [6, 6.07) is 9.23. The number of carbonyl (C=O) groups is 1. The Morgan fingerprint density at radius 1 is 1.25 bits per heavy atom. The van der Waals surface area contributed by atoms with Crippen LogP contribution >= 0.6 is 15.9 Å². The highest BCUT2D eigenvalue weighted by Crippen LogP contribution is 2.21. The number of aromatic nitrogens is 1. The van der Waals surface area contributed by atoms with Crippen molar-refractivity contribution in [2.75, 3.05) is 37.8 Å². The Bertz CT molecular complexity index is 703. The van der Waals surface area contributed by atoms with E-state index in [1.807, 2.05) is 39.2 Å². The average Bonchev–Trinajstić information content (AvgIpc) is 2.55. The molecule has 1 amide bonds. The molecule has 128 valence electrons.